The Balaban J connectivity index is 2.05. The normalized spacial score (nSPS) is 10.7. The van der Waals surface area contributed by atoms with Gasteiger partial charge in [0.25, 0.3) is 0 Å². The van der Waals surface area contributed by atoms with Crippen molar-refractivity contribution in [1.82, 2.24) is 20.2 Å². The van der Waals surface area contributed by atoms with Gasteiger partial charge in [-0.2, -0.15) is 0 Å². The number of aromatic nitrogens is 4. The van der Waals surface area contributed by atoms with Gasteiger partial charge in [0.1, 0.15) is 6.33 Å². The van der Waals surface area contributed by atoms with Crippen molar-refractivity contribution in [2.45, 2.75) is 13.8 Å². The second-order valence-electron chi connectivity index (χ2n) is 4.08. The van der Waals surface area contributed by atoms with Crippen LogP contribution in [0, 0.1) is 5.92 Å². The highest BCUT2D eigenvalue weighted by Gasteiger charge is 1.98. The minimum atomic E-state index is 0.638. The Bertz CT molecular complexity index is 418. The molecule has 0 aliphatic heterocycles. The van der Waals surface area contributed by atoms with Crippen LogP contribution in [-0.4, -0.2) is 26.8 Å². The first-order valence-corrected chi connectivity index (χ1v) is 5.33. The van der Waals surface area contributed by atoms with Gasteiger partial charge in [0, 0.05) is 12.2 Å². The number of nitrogens with one attached hydrogen (secondary N) is 1. The minimum Gasteiger partial charge on any atom is -0.385 e. The SMILES string of the molecule is CC(C)CNc1ccc(-n2cnnn2)cc1. The van der Waals surface area contributed by atoms with Crippen molar-refractivity contribution in [2.75, 3.05) is 11.9 Å². The maximum Gasteiger partial charge on any atom is 0.143 e. The van der Waals surface area contributed by atoms with E-state index in [4.69, 9.17) is 0 Å². The summed E-state index contributed by atoms with van der Waals surface area (Å²) in [5.41, 5.74) is 2.07. The van der Waals surface area contributed by atoms with Gasteiger partial charge < -0.3 is 5.32 Å². The number of hydrogen-bond acceptors (Lipinski definition) is 4. The molecule has 16 heavy (non-hydrogen) atoms. The lowest BCUT2D eigenvalue weighted by molar-refractivity contribution is 0.689. The third-order valence-corrected chi connectivity index (χ3v) is 2.20. The van der Waals surface area contributed by atoms with Gasteiger partial charge in [-0.25, -0.2) is 4.68 Å². The molecule has 1 aromatic carbocycles. The third-order valence-electron chi connectivity index (χ3n) is 2.20. The molecule has 5 heteroatoms. The Morgan fingerprint density at radius 2 is 2.00 bits per heavy atom. The second-order valence-corrected chi connectivity index (χ2v) is 4.08. The lowest BCUT2D eigenvalue weighted by Crippen LogP contribution is -2.07. The molecule has 0 bridgehead atoms. The van der Waals surface area contributed by atoms with Gasteiger partial charge in [0.05, 0.1) is 5.69 Å². The van der Waals surface area contributed by atoms with Crippen LogP contribution in [0.1, 0.15) is 13.8 Å². The molecule has 5 nitrogen and oxygen atoms in total. The Morgan fingerprint density at radius 1 is 1.25 bits per heavy atom. The standard InChI is InChI=1S/C11H15N5/c1-9(2)7-12-10-3-5-11(6-4-10)16-8-13-14-15-16/h3-6,8-9,12H,7H2,1-2H3. The zero-order valence-corrected chi connectivity index (χ0v) is 9.46. The predicted octanol–water partition coefficient (Wildman–Crippen LogP) is 1.73. The number of benzene rings is 1. The summed E-state index contributed by atoms with van der Waals surface area (Å²) in [7, 11) is 0. The molecule has 0 atom stereocenters. The Hall–Kier alpha value is -1.91. The van der Waals surface area contributed by atoms with E-state index in [0.717, 1.165) is 17.9 Å². The monoisotopic (exact) mass is 217 g/mol. The summed E-state index contributed by atoms with van der Waals surface area (Å²) in [6.07, 6.45) is 1.58. The van der Waals surface area contributed by atoms with E-state index in [9.17, 15) is 0 Å². The van der Waals surface area contributed by atoms with Crippen molar-refractivity contribution in [3.63, 3.8) is 0 Å². The fourth-order valence-corrected chi connectivity index (χ4v) is 1.33. The molecule has 0 fully saturated rings. The smallest absolute Gasteiger partial charge is 0.143 e. The van der Waals surface area contributed by atoms with Gasteiger partial charge in [-0.1, -0.05) is 13.8 Å². The minimum absolute atomic E-state index is 0.638. The van der Waals surface area contributed by atoms with Crippen molar-refractivity contribution in [3.8, 4) is 5.69 Å². The van der Waals surface area contributed by atoms with E-state index in [1.165, 1.54) is 0 Å². The highest BCUT2D eigenvalue weighted by atomic mass is 15.5. The van der Waals surface area contributed by atoms with Crippen LogP contribution in [0.3, 0.4) is 0 Å². The summed E-state index contributed by atoms with van der Waals surface area (Å²) < 4.78 is 1.63. The van der Waals surface area contributed by atoms with Gasteiger partial charge in [0.2, 0.25) is 0 Å². The van der Waals surface area contributed by atoms with E-state index in [-0.39, 0.29) is 0 Å². The Labute approximate surface area is 94.5 Å². The summed E-state index contributed by atoms with van der Waals surface area (Å²) in [5, 5.41) is 14.4. The Morgan fingerprint density at radius 3 is 2.56 bits per heavy atom. The fraction of sp³-hybridized carbons (Fsp3) is 0.364. The summed E-state index contributed by atoms with van der Waals surface area (Å²) >= 11 is 0. The van der Waals surface area contributed by atoms with Gasteiger partial charge >= 0.3 is 0 Å². The van der Waals surface area contributed by atoms with Crippen LogP contribution in [0.2, 0.25) is 0 Å². The molecule has 0 aliphatic carbocycles. The largest absolute Gasteiger partial charge is 0.385 e. The molecule has 1 N–H and O–H groups in total. The molecular formula is C11H15N5. The van der Waals surface area contributed by atoms with Crippen molar-refractivity contribution in [2.24, 2.45) is 5.92 Å². The number of nitrogens with zero attached hydrogens (tertiary/aromatic N) is 4. The molecule has 0 aliphatic rings. The van der Waals surface area contributed by atoms with Gasteiger partial charge in [-0.15, -0.1) is 5.10 Å². The number of anilines is 1. The van der Waals surface area contributed by atoms with Crippen LogP contribution in [0.5, 0.6) is 0 Å². The highest BCUT2D eigenvalue weighted by Crippen LogP contribution is 2.12. The van der Waals surface area contributed by atoms with Crippen LogP contribution >= 0.6 is 0 Å². The van der Waals surface area contributed by atoms with Crippen molar-refractivity contribution in [3.05, 3.63) is 30.6 Å². The zero-order chi connectivity index (χ0) is 11.4. The molecule has 0 saturated carbocycles. The maximum atomic E-state index is 3.83. The molecule has 0 saturated heterocycles. The van der Waals surface area contributed by atoms with Gasteiger partial charge in [0.15, 0.2) is 0 Å². The quantitative estimate of drug-likeness (QED) is 0.847. The first kappa shape index (κ1) is 10.6. The summed E-state index contributed by atoms with van der Waals surface area (Å²) in [5.74, 6) is 0.638. The molecular weight excluding hydrogens is 202 g/mol. The molecule has 1 heterocycles. The number of hydrogen-bond donors (Lipinski definition) is 1. The van der Waals surface area contributed by atoms with E-state index < -0.39 is 0 Å². The van der Waals surface area contributed by atoms with Crippen LogP contribution in [0.4, 0.5) is 5.69 Å². The molecule has 1 aromatic heterocycles. The van der Waals surface area contributed by atoms with E-state index in [2.05, 4.69) is 34.7 Å². The van der Waals surface area contributed by atoms with Crippen LogP contribution in [-0.2, 0) is 0 Å². The van der Waals surface area contributed by atoms with Gasteiger partial charge in [-0.3, -0.25) is 0 Å². The van der Waals surface area contributed by atoms with Crippen LogP contribution in [0.15, 0.2) is 30.6 Å². The van der Waals surface area contributed by atoms with E-state index in [1.54, 1.807) is 11.0 Å². The fourth-order valence-electron chi connectivity index (χ4n) is 1.33. The van der Waals surface area contributed by atoms with Crippen molar-refractivity contribution in [1.29, 1.82) is 0 Å². The first-order valence-electron chi connectivity index (χ1n) is 5.33. The molecule has 84 valence electrons. The summed E-state index contributed by atoms with van der Waals surface area (Å²) in [6, 6.07) is 8.02. The van der Waals surface area contributed by atoms with Crippen LogP contribution in [0.25, 0.3) is 5.69 Å². The maximum absolute atomic E-state index is 3.83. The predicted molar refractivity (Wildman–Crippen MR) is 62.5 cm³/mol. The van der Waals surface area contributed by atoms with E-state index >= 15 is 0 Å². The molecule has 0 spiro atoms. The molecule has 2 aromatic rings. The van der Waals surface area contributed by atoms with E-state index in [1.807, 2.05) is 24.3 Å². The van der Waals surface area contributed by atoms with Crippen molar-refractivity contribution < 1.29 is 0 Å². The van der Waals surface area contributed by atoms with Crippen LogP contribution < -0.4 is 5.32 Å². The highest BCUT2D eigenvalue weighted by molar-refractivity contribution is 5.48. The zero-order valence-electron chi connectivity index (χ0n) is 9.46. The lowest BCUT2D eigenvalue weighted by atomic mass is 10.2. The lowest BCUT2D eigenvalue weighted by Gasteiger charge is -2.09. The summed E-state index contributed by atoms with van der Waals surface area (Å²) in [6.45, 7) is 5.34. The van der Waals surface area contributed by atoms with Crippen molar-refractivity contribution >= 4 is 5.69 Å². The van der Waals surface area contributed by atoms with Gasteiger partial charge in [-0.05, 0) is 40.6 Å². The number of rotatable bonds is 4. The topological polar surface area (TPSA) is 55.6 Å². The summed E-state index contributed by atoms with van der Waals surface area (Å²) in [4.78, 5) is 0. The number of tetrazole rings is 1. The van der Waals surface area contributed by atoms with E-state index in [0.29, 0.717) is 5.92 Å². The third kappa shape index (κ3) is 2.56. The molecule has 0 amide bonds. The Kier molecular flexibility index (Phi) is 3.14. The average molecular weight is 217 g/mol. The first-order chi connectivity index (χ1) is 7.75. The molecule has 0 radical (unpaired) electrons. The molecule has 2 rings (SSSR count). The average Bonchev–Trinajstić information content (AvgIpc) is 2.80. The molecule has 0 unspecified atom stereocenters. The second kappa shape index (κ2) is 4.74.